The fourth-order valence-corrected chi connectivity index (χ4v) is 2.93. The van der Waals surface area contributed by atoms with Crippen LogP contribution in [-0.2, 0) is 0 Å². The highest BCUT2D eigenvalue weighted by Crippen LogP contribution is 2.13. The van der Waals surface area contributed by atoms with E-state index in [-0.39, 0.29) is 5.91 Å². The average molecular weight is 290 g/mol. The second-order valence-electron chi connectivity index (χ2n) is 5.68. The molecule has 1 fully saturated rings. The van der Waals surface area contributed by atoms with Gasteiger partial charge in [-0.1, -0.05) is 19.4 Å². The molecule has 0 bridgehead atoms. The highest BCUT2D eigenvalue weighted by atomic mass is 16.2. The normalized spacial score (nSPS) is 17.8. The Kier molecular flexibility index (Phi) is 5.70. The molecule has 116 valence electrons. The first-order chi connectivity index (χ1) is 10.2. The molecule has 2 heterocycles. The van der Waals surface area contributed by atoms with Gasteiger partial charge in [0.2, 0.25) is 0 Å². The molecule has 1 aliphatic heterocycles. The third-order valence-corrected chi connectivity index (χ3v) is 4.22. The number of nitrogens with zero attached hydrogens (tertiary/aromatic N) is 3. The van der Waals surface area contributed by atoms with Gasteiger partial charge in [0.15, 0.2) is 0 Å². The number of hydrogen-bond acceptors (Lipinski definition) is 4. The summed E-state index contributed by atoms with van der Waals surface area (Å²) in [6, 6.07) is 4.24. The first kappa shape index (κ1) is 15.9. The van der Waals surface area contributed by atoms with Crippen LogP contribution in [0.1, 0.15) is 35.8 Å². The van der Waals surface area contributed by atoms with E-state index < -0.39 is 0 Å². The number of piperazine rings is 1. The van der Waals surface area contributed by atoms with Gasteiger partial charge in [-0.25, -0.2) is 0 Å². The lowest BCUT2D eigenvalue weighted by atomic mass is 10.1. The van der Waals surface area contributed by atoms with E-state index in [0.29, 0.717) is 18.3 Å². The largest absolute Gasteiger partial charge is 0.335 e. The Hall–Kier alpha value is -1.46. The SMILES string of the molecule is CCCC(CN)N1CCN(C(=O)c2ncccc2C)CC1. The smallest absolute Gasteiger partial charge is 0.272 e. The lowest BCUT2D eigenvalue weighted by molar-refractivity contribution is 0.0560. The number of aromatic nitrogens is 1. The van der Waals surface area contributed by atoms with Crippen LogP contribution >= 0.6 is 0 Å². The molecule has 1 aromatic rings. The summed E-state index contributed by atoms with van der Waals surface area (Å²) >= 11 is 0. The van der Waals surface area contributed by atoms with Crippen molar-refractivity contribution in [3.63, 3.8) is 0 Å². The van der Waals surface area contributed by atoms with Gasteiger partial charge < -0.3 is 10.6 Å². The van der Waals surface area contributed by atoms with Gasteiger partial charge in [-0.15, -0.1) is 0 Å². The van der Waals surface area contributed by atoms with Crippen LogP contribution in [-0.4, -0.2) is 59.5 Å². The van der Waals surface area contributed by atoms with Crippen LogP contribution < -0.4 is 5.73 Å². The Bertz CT molecular complexity index is 469. The molecule has 1 aliphatic rings. The van der Waals surface area contributed by atoms with Crippen molar-refractivity contribution in [2.45, 2.75) is 32.7 Å². The topological polar surface area (TPSA) is 62.5 Å². The van der Waals surface area contributed by atoms with Crippen LogP contribution in [0.4, 0.5) is 0 Å². The second kappa shape index (κ2) is 7.52. The molecule has 1 unspecified atom stereocenters. The number of carbonyl (C=O) groups excluding carboxylic acids is 1. The summed E-state index contributed by atoms with van der Waals surface area (Å²) in [6.45, 7) is 8.14. The van der Waals surface area contributed by atoms with Gasteiger partial charge >= 0.3 is 0 Å². The minimum absolute atomic E-state index is 0.0486. The monoisotopic (exact) mass is 290 g/mol. The number of amides is 1. The molecule has 5 nitrogen and oxygen atoms in total. The average Bonchev–Trinajstić information content (AvgIpc) is 2.52. The molecule has 2 rings (SSSR count). The minimum Gasteiger partial charge on any atom is -0.335 e. The van der Waals surface area contributed by atoms with Crippen molar-refractivity contribution in [3.8, 4) is 0 Å². The van der Waals surface area contributed by atoms with Crippen LogP contribution in [0.15, 0.2) is 18.3 Å². The fourth-order valence-electron chi connectivity index (χ4n) is 2.93. The zero-order valence-electron chi connectivity index (χ0n) is 13.1. The van der Waals surface area contributed by atoms with Gasteiger partial charge in [-0.05, 0) is 25.0 Å². The van der Waals surface area contributed by atoms with Crippen molar-refractivity contribution in [2.75, 3.05) is 32.7 Å². The van der Waals surface area contributed by atoms with E-state index >= 15 is 0 Å². The quantitative estimate of drug-likeness (QED) is 0.887. The molecular weight excluding hydrogens is 264 g/mol. The second-order valence-corrected chi connectivity index (χ2v) is 5.68. The molecule has 1 atom stereocenters. The van der Waals surface area contributed by atoms with Gasteiger partial charge in [0, 0.05) is 45.0 Å². The molecule has 2 N–H and O–H groups in total. The van der Waals surface area contributed by atoms with E-state index in [4.69, 9.17) is 5.73 Å². The summed E-state index contributed by atoms with van der Waals surface area (Å²) in [5.41, 5.74) is 7.38. The Labute approximate surface area is 127 Å². The van der Waals surface area contributed by atoms with Gasteiger partial charge in [0.1, 0.15) is 5.69 Å². The third kappa shape index (κ3) is 3.80. The maximum absolute atomic E-state index is 12.5. The number of rotatable bonds is 5. The van der Waals surface area contributed by atoms with Gasteiger partial charge in [0.05, 0.1) is 0 Å². The molecule has 0 saturated carbocycles. The Morgan fingerprint density at radius 1 is 1.38 bits per heavy atom. The van der Waals surface area contributed by atoms with Crippen molar-refractivity contribution in [1.29, 1.82) is 0 Å². The van der Waals surface area contributed by atoms with E-state index in [1.165, 1.54) is 0 Å². The van der Waals surface area contributed by atoms with Gasteiger partial charge in [-0.2, -0.15) is 0 Å². The summed E-state index contributed by atoms with van der Waals surface area (Å²) in [4.78, 5) is 21.1. The standard InChI is InChI=1S/C16H26N4O/c1-3-5-14(12-17)19-8-10-20(11-9-19)16(21)15-13(2)6-4-7-18-15/h4,6-7,14H,3,5,8-12,17H2,1-2H3. The van der Waals surface area contributed by atoms with E-state index in [1.54, 1.807) is 6.20 Å². The molecule has 0 aromatic carbocycles. The summed E-state index contributed by atoms with van der Waals surface area (Å²) in [5, 5.41) is 0. The van der Waals surface area contributed by atoms with E-state index in [9.17, 15) is 4.79 Å². The molecule has 1 saturated heterocycles. The van der Waals surface area contributed by atoms with E-state index in [1.807, 2.05) is 24.0 Å². The molecule has 21 heavy (non-hydrogen) atoms. The van der Waals surface area contributed by atoms with E-state index in [2.05, 4.69) is 16.8 Å². The summed E-state index contributed by atoms with van der Waals surface area (Å²) < 4.78 is 0. The number of hydrogen-bond donors (Lipinski definition) is 1. The van der Waals surface area contributed by atoms with Crippen LogP contribution in [0, 0.1) is 6.92 Å². The third-order valence-electron chi connectivity index (χ3n) is 4.22. The zero-order valence-corrected chi connectivity index (χ0v) is 13.1. The van der Waals surface area contributed by atoms with Gasteiger partial charge in [0.25, 0.3) is 5.91 Å². The Morgan fingerprint density at radius 3 is 2.67 bits per heavy atom. The number of nitrogens with two attached hydrogens (primary N) is 1. The van der Waals surface area contributed by atoms with Gasteiger partial charge in [-0.3, -0.25) is 14.7 Å². The van der Waals surface area contributed by atoms with Crippen LogP contribution in [0.5, 0.6) is 0 Å². The van der Waals surface area contributed by atoms with Crippen molar-refractivity contribution in [2.24, 2.45) is 5.73 Å². The van der Waals surface area contributed by atoms with Crippen molar-refractivity contribution in [3.05, 3.63) is 29.6 Å². The molecule has 0 spiro atoms. The minimum atomic E-state index is 0.0486. The number of pyridine rings is 1. The molecule has 5 heteroatoms. The van der Waals surface area contributed by atoms with Crippen LogP contribution in [0.25, 0.3) is 0 Å². The first-order valence-corrected chi connectivity index (χ1v) is 7.82. The zero-order chi connectivity index (χ0) is 15.2. The summed E-state index contributed by atoms with van der Waals surface area (Å²) in [6.07, 6.45) is 3.96. The van der Waals surface area contributed by atoms with Crippen LogP contribution in [0.2, 0.25) is 0 Å². The maximum atomic E-state index is 12.5. The highest BCUT2D eigenvalue weighted by molar-refractivity contribution is 5.93. The lowest BCUT2D eigenvalue weighted by Gasteiger charge is -2.39. The molecule has 1 aromatic heterocycles. The maximum Gasteiger partial charge on any atom is 0.272 e. The molecule has 1 amide bonds. The van der Waals surface area contributed by atoms with Crippen molar-refractivity contribution in [1.82, 2.24) is 14.8 Å². The van der Waals surface area contributed by atoms with E-state index in [0.717, 1.165) is 44.6 Å². The first-order valence-electron chi connectivity index (χ1n) is 7.82. The molecule has 0 radical (unpaired) electrons. The predicted octanol–water partition coefficient (Wildman–Crippen LogP) is 1.28. The summed E-state index contributed by atoms with van der Waals surface area (Å²) in [5.74, 6) is 0.0486. The number of carbonyl (C=O) groups is 1. The fraction of sp³-hybridized carbons (Fsp3) is 0.625. The Balaban J connectivity index is 1.95. The molecule has 0 aliphatic carbocycles. The predicted molar refractivity (Wildman–Crippen MR) is 84.2 cm³/mol. The lowest BCUT2D eigenvalue weighted by Crippen LogP contribution is -2.53. The van der Waals surface area contributed by atoms with Crippen LogP contribution in [0.3, 0.4) is 0 Å². The van der Waals surface area contributed by atoms with Crippen molar-refractivity contribution < 1.29 is 4.79 Å². The summed E-state index contributed by atoms with van der Waals surface area (Å²) in [7, 11) is 0. The van der Waals surface area contributed by atoms with Crippen molar-refractivity contribution >= 4 is 5.91 Å². The number of aryl methyl sites for hydroxylation is 1. The Morgan fingerprint density at radius 2 is 2.10 bits per heavy atom. The highest BCUT2D eigenvalue weighted by Gasteiger charge is 2.26. The molecular formula is C16H26N4O.